The minimum Gasteiger partial charge on any atom is -0.406 e. The van der Waals surface area contributed by atoms with Gasteiger partial charge in [-0.05, 0) is 42.4 Å². The van der Waals surface area contributed by atoms with E-state index in [0.29, 0.717) is 5.02 Å². The van der Waals surface area contributed by atoms with E-state index in [1.807, 2.05) is 18.2 Å². The highest BCUT2D eigenvalue weighted by Gasteiger charge is 2.31. The number of halogens is 4. The van der Waals surface area contributed by atoms with Crippen molar-refractivity contribution in [2.24, 2.45) is 0 Å². The van der Waals surface area contributed by atoms with Gasteiger partial charge in [-0.1, -0.05) is 35.9 Å². The Morgan fingerprint density at radius 1 is 1.05 bits per heavy atom. The summed E-state index contributed by atoms with van der Waals surface area (Å²) in [6, 6.07) is 12.9. The summed E-state index contributed by atoms with van der Waals surface area (Å²) in [5.41, 5.74) is 1.74. The van der Waals surface area contributed by atoms with Crippen LogP contribution in [0.15, 0.2) is 48.5 Å². The number of benzene rings is 2. The highest BCUT2D eigenvalue weighted by Crippen LogP contribution is 2.27. The van der Waals surface area contributed by atoms with Gasteiger partial charge in [0.1, 0.15) is 5.75 Å². The zero-order chi connectivity index (χ0) is 15.5. The lowest BCUT2D eigenvalue weighted by Gasteiger charge is -2.18. The number of alkyl halides is 3. The zero-order valence-electron chi connectivity index (χ0n) is 11.1. The largest absolute Gasteiger partial charge is 0.573 e. The van der Waals surface area contributed by atoms with Gasteiger partial charge in [-0.2, -0.15) is 0 Å². The van der Waals surface area contributed by atoms with Crippen LogP contribution in [0.1, 0.15) is 17.2 Å². The Hall–Kier alpha value is -1.72. The van der Waals surface area contributed by atoms with Crippen LogP contribution in [0, 0.1) is 0 Å². The van der Waals surface area contributed by atoms with Crippen molar-refractivity contribution < 1.29 is 17.9 Å². The number of nitrogens with one attached hydrogen (secondary N) is 1. The Morgan fingerprint density at radius 2 is 1.71 bits per heavy atom. The molecular formula is C15H13ClF3NO. The Kier molecular flexibility index (Phi) is 4.75. The fourth-order valence-electron chi connectivity index (χ4n) is 2.07. The van der Waals surface area contributed by atoms with E-state index in [0.717, 1.165) is 11.1 Å². The molecule has 0 aliphatic rings. The second kappa shape index (κ2) is 6.37. The van der Waals surface area contributed by atoms with Crippen LogP contribution in [-0.2, 0) is 0 Å². The van der Waals surface area contributed by atoms with Gasteiger partial charge in [0.15, 0.2) is 0 Å². The third-order valence-corrected chi connectivity index (χ3v) is 3.15. The Balaban J connectivity index is 2.23. The Bertz CT molecular complexity index is 599. The molecule has 0 saturated heterocycles. The average Bonchev–Trinajstić information content (AvgIpc) is 2.40. The second-order valence-corrected chi connectivity index (χ2v) is 4.83. The monoisotopic (exact) mass is 315 g/mol. The number of hydrogen-bond acceptors (Lipinski definition) is 2. The molecular weight excluding hydrogens is 303 g/mol. The Labute approximate surface area is 125 Å². The summed E-state index contributed by atoms with van der Waals surface area (Å²) >= 11 is 5.96. The highest BCUT2D eigenvalue weighted by atomic mass is 35.5. The molecule has 0 heterocycles. The molecule has 1 atom stereocenters. The third kappa shape index (κ3) is 4.37. The number of hydrogen-bond donors (Lipinski definition) is 1. The first-order valence-electron chi connectivity index (χ1n) is 6.17. The van der Waals surface area contributed by atoms with Crippen molar-refractivity contribution in [1.82, 2.24) is 5.32 Å². The summed E-state index contributed by atoms with van der Waals surface area (Å²) in [4.78, 5) is 0. The minimum absolute atomic E-state index is 0.163. The molecule has 0 aliphatic heterocycles. The lowest BCUT2D eigenvalue weighted by molar-refractivity contribution is -0.274. The van der Waals surface area contributed by atoms with Gasteiger partial charge in [-0.15, -0.1) is 13.2 Å². The van der Waals surface area contributed by atoms with E-state index in [1.165, 1.54) is 12.1 Å². The first-order chi connectivity index (χ1) is 9.89. The van der Waals surface area contributed by atoms with E-state index in [9.17, 15) is 13.2 Å². The molecule has 0 radical (unpaired) electrons. The van der Waals surface area contributed by atoms with Crippen molar-refractivity contribution in [3.05, 3.63) is 64.7 Å². The lowest BCUT2D eigenvalue weighted by atomic mass is 9.99. The molecule has 112 valence electrons. The van der Waals surface area contributed by atoms with E-state index in [2.05, 4.69) is 10.1 Å². The van der Waals surface area contributed by atoms with Crippen molar-refractivity contribution in [1.29, 1.82) is 0 Å². The molecule has 2 aromatic rings. The van der Waals surface area contributed by atoms with Crippen LogP contribution in [0.5, 0.6) is 5.75 Å². The van der Waals surface area contributed by atoms with Crippen LogP contribution >= 0.6 is 11.6 Å². The molecule has 0 saturated carbocycles. The van der Waals surface area contributed by atoms with Gasteiger partial charge in [0.2, 0.25) is 0 Å². The van der Waals surface area contributed by atoms with Crippen LogP contribution in [0.3, 0.4) is 0 Å². The van der Waals surface area contributed by atoms with Crippen molar-refractivity contribution in [2.45, 2.75) is 12.4 Å². The second-order valence-electron chi connectivity index (χ2n) is 4.39. The third-order valence-electron chi connectivity index (χ3n) is 2.92. The van der Waals surface area contributed by atoms with Crippen LogP contribution in [0.2, 0.25) is 5.02 Å². The fraction of sp³-hybridized carbons (Fsp3) is 0.200. The summed E-state index contributed by atoms with van der Waals surface area (Å²) < 4.78 is 40.2. The quantitative estimate of drug-likeness (QED) is 0.894. The van der Waals surface area contributed by atoms with Gasteiger partial charge in [-0.3, -0.25) is 0 Å². The maximum atomic E-state index is 12.1. The summed E-state index contributed by atoms with van der Waals surface area (Å²) in [6.45, 7) is 0. The van der Waals surface area contributed by atoms with Gasteiger partial charge in [0.25, 0.3) is 0 Å². The van der Waals surface area contributed by atoms with Crippen molar-refractivity contribution >= 4 is 11.6 Å². The molecule has 6 heteroatoms. The maximum Gasteiger partial charge on any atom is 0.573 e. The molecule has 0 bridgehead atoms. The van der Waals surface area contributed by atoms with E-state index < -0.39 is 6.36 Å². The maximum absolute atomic E-state index is 12.1. The van der Waals surface area contributed by atoms with E-state index >= 15 is 0 Å². The van der Waals surface area contributed by atoms with Crippen LogP contribution < -0.4 is 10.1 Å². The molecule has 0 spiro atoms. The molecule has 0 amide bonds. The molecule has 1 N–H and O–H groups in total. The van der Waals surface area contributed by atoms with Gasteiger partial charge in [0, 0.05) is 5.02 Å². The molecule has 0 aliphatic carbocycles. The highest BCUT2D eigenvalue weighted by molar-refractivity contribution is 6.30. The molecule has 1 unspecified atom stereocenters. The smallest absolute Gasteiger partial charge is 0.406 e. The average molecular weight is 316 g/mol. The van der Waals surface area contributed by atoms with Gasteiger partial charge >= 0.3 is 6.36 Å². The normalized spacial score (nSPS) is 13.0. The van der Waals surface area contributed by atoms with Crippen molar-refractivity contribution in [2.75, 3.05) is 7.05 Å². The van der Waals surface area contributed by atoms with Gasteiger partial charge in [0.05, 0.1) is 6.04 Å². The summed E-state index contributed by atoms with van der Waals surface area (Å²) in [5.74, 6) is -0.243. The topological polar surface area (TPSA) is 21.3 Å². The van der Waals surface area contributed by atoms with E-state index in [-0.39, 0.29) is 11.8 Å². The first kappa shape index (κ1) is 15.7. The zero-order valence-corrected chi connectivity index (χ0v) is 11.9. The van der Waals surface area contributed by atoms with Gasteiger partial charge in [-0.25, -0.2) is 0 Å². The van der Waals surface area contributed by atoms with Crippen LogP contribution in [0.4, 0.5) is 13.2 Å². The van der Waals surface area contributed by atoms with Crippen molar-refractivity contribution in [3.8, 4) is 5.75 Å². The fourth-order valence-corrected chi connectivity index (χ4v) is 2.27. The number of ether oxygens (including phenoxy) is 1. The molecule has 2 aromatic carbocycles. The SMILES string of the molecule is CNC(c1ccc(OC(F)(F)F)cc1)c1cccc(Cl)c1. The predicted octanol–water partition coefficient (Wildman–Crippen LogP) is 4.55. The van der Waals surface area contributed by atoms with Crippen LogP contribution in [-0.4, -0.2) is 13.4 Å². The Morgan fingerprint density at radius 3 is 2.24 bits per heavy atom. The number of rotatable bonds is 4. The summed E-state index contributed by atoms with van der Waals surface area (Å²) in [6.07, 6.45) is -4.68. The van der Waals surface area contributed by atoms with Gasteiger partial charge < -0.3 is 10.1 Å². The standard InChI is InChI=1S/C15H13ClF3NO/c1-20-14(11-3-2-4-12(16)9-11)10-5-7-13(8-6-10)21-15(17,18)19/h2-9,14,20H,1H3. The van der Waals surface area contributed by atoms with Crippen LogP contribution in [0.25, 0.3) is 0 Å². The minimum atomic E-state index is -4.68. The summed E-state index contributed by atoms with van der Waals surface area (Å²) in [7, 11) is 1.77. The molecule has 2 rings (SSSR count). The lowest BCUT2D eigenvalue weighted by Crippen LogP contribution is -2.18. The summed E-state index contributed by atoms with van der Waals surface area (Å²) in [5, 5.41) is 3.71. The first-order valence-corrected chi connectivity index (χ1v) is 6.55. The predicted molar refractivity (Wildman–Crippen MR) is 75.5 cm³/mol. The van der Waals surface area contributed by atoms with Crippen molar-refractivity contribution in [3.63, 3.8) is 0 Å². The molecule has 2 nitrogen and oxygen atoms in total. The van der Waals surface area contributed by atoms with E-state index in [4.69, 9.17) is 11.6 Å². The molecule has 0 aromatic heterocycles. The van der Waals surface area contributed by atoms with E-state index in [1.54, 1.807) is 25.2 Å². The molecule has 0 fully saturated rings. The molecule has 21 heavy (non-hydrogen) atoms.